The Morgan fingerprint density at radius 3 is 2.53 bits per heavy atom. The molecular formula is C11H18N2OS. The van der Waals surface area contributed by atoms with Crippen molar-refractivity contribution in [3.8, 4) is 0 Å². The van der Waals surface area contributed by atoms with E-state index in [2.05, 4.69) is 10.3 Å². The molecular weight excluding hydrogens is 208 g/mol. The van der Waals surface area contributed by atoms with Crippen molar-refractivity contribution in [2.75, 3.05) is 0 Å². The maximum Gasteiger partial charge on any atom is 0.225 e. The summed E-state index contributed by atoms with van der Waals surface area (Å²) in [5.41, 5.74) is -0.347. The van der Waals surface area contributed by atoms with E-state index in [1.807, 2.05) is 40.8 Å². The lowest BCUT2D eigenvalue weighted by Crippen LogP contribution is -2.36. The van der Waals surface area contributed by atoms with Gasteiger partial charge in [0.05, 0.1) is 6.04 Å². The van der Waals surface area contributed by atoms with Gasteiger partial charge < -0.3 is 5.32 Å². The average Bonchev–Trinajstić information content (AvgIpc) is 2.50. The predicted octanol–water partition coefficient (Wildman–Crippen LogP) is 2.67. The molecule has 1 rings (SSSR count). The fourth-order valence-electron chi connectivity index (χ4n) is 1.05. The molecule has 84 valence electrons. The molecule has 1 unspecified atom stereocenters. The van der Waals surface area contributed by atoms with Crippen molar-refractivity contribution in [1.29, 1.82) is 0 Å². The van der Waals surface area contributed by atoms with Crippen molar-refractivity contribution >= 4 is 17.2 Å². The molecule has 0 saturated carbocycles. The quantitative estimate of drug-likeness (QED) is 0.842. The van der Waals surface area contributed by atoms with E-state index in [0.717, 1.165) is 5.01 Å². The fraction of sp³-hybridized carbons (Fsp3) is 0.636. The number of rotatable bonds is 2. The van der Waals surface area contributed by atoms with Gasteiger partial charge in [-0.25, -0.2) is 4.98 Å². The standard InChI is InChI=1S/C11H18N2OS/c1-7-6-12-9(15-7)8(2)13-10(14)11(3,4)5/h6,8H,1-5H3,(H,13,14). The zero-order valence-electron chi connectivity index (χ0n) is 9.92. The molecule has 0 spiro atoms. The highest BCUT2D eigenvalue weighted by Crippen LogP contribution is 2.21. The number of carbonyl (C=O) groups excluding carboxylic acids is 1. The Labute approximate surface area is 94.9 Å². The Bertz CT molecular complexity index is 352. The predicted molar refractivity (Wildman–Crippen MR) is 62.9 cm³/mol. The number of aromatic nitrogens is 1. The van der Waals surface area contributed by atoms with E-state index in [4.69, 9.17) is 0 Å². The molecule has 0 bridgehead atoms. The Kier molecular flexibility index (Phi) is 3.50. The van der Waals surface area contributed by atoms with Gasteiger partial charge in [-0.1, -0.05) is 20.8 Å². The molecule has 0 aromatic carbocycles. The first-order chi connectivity index (χ1) is 6.80. The number of nitrogens with zero attached hydrogens (tertiary/aromatic N) is 1. The van der Waals surface area contributed by atoms with Crippen molar-refractivity contribution in [3.05, 3.63) is 16.1 Å². The van der Waals surface area contributed by atoms with Gasteiger partial charge in [0.15, 0.2) is 0 Å². The molecule has 15 heavy (non-hydrogen) atoms. The molecule has 3 nitrogen and oxygen atoms in total. The van der Waals surface area contributed by atoms with Crippen LogP contribution >= 0.6 is 11.3 Å². The van der Waals surface area contributed by atoms with Gasteiger partial charge in [-0.3, -0.25) is 4.79 Å². The van der Waals surface area contributed by atoms with Gasteiger partial charge >= 0.3 is 0 Å². The molecule has 1 aromatic heterocycles. The summed E-state index contributed by atoms with van der Waals surface area (Å²) in [6, 6.07) is -0.00424. The van der Waals surface area contributed by atoms with Crippen LogP contribution in [-0.2, 0) is 4.79 Å². The first-order valence-corrected chi connectivity index (χ1v) is 5.85. The first-order valence-electron chi connectivity index (χ1n) is 5.04. The van der Waals surface area contributed by atoms with E-state index in [-0.39, 0.29) is 17.4 Å². The number of hydrogen-bond donors (Lipinski definition) is 1. The van der Waals surface area contributed by atoms with Crippen LogP contribution in [0.4, 0.5) is 0 Å². The normalized spacial score (nSPS) is 13.7. The molecule has 1 amide bonds. The van der Waals surface area contributed by atoms with Crippen LogP contribution in [0.2, 0.25) is 0 Å². The summed E-state index contributed by atoms with van der Waals surface area (Å²) >= 11 is 1.62. The molecule has 4 heteroatoms. The summed E-state index contributed by atoms with van der Waals surface area (Å²) in [4.78, 5) is 17.1. The number of nitrogens with one attached hydrogen (secondary N) is 1. The Balaban J connectivity index is 2.64. The van der Waals surface area contributed by atoms with Crippen molar-refractivity contribution in [1.82, 2.24) is 10.3 Å². The second kappa shape index (κ2) is 4.31. The zero-order valence-corrected chi connectivity index (χ0v) is 10.7. The van der Waals surface area contributed by atoms with Gasteiger partial charge in [0, 0.05) is 16.5 Å². The largest absolute Gasteiger partial charge is 0.347 e. The highest BCUT2D eigenvalue weighted by Gasteiger charge is 2.23. The lowest BCUT2D eigenvalue weighted by molar-refractivity contribution is -0.129. The number of aryl methyl sites for hydroxylation is 1. The highest BCUT2D eigenvalue weighted by molar-refractivity contribution is 7.11. The number of carbonyl (C=O) groups is 1. The molecule has 0 saturated heterocycles. The van der Waals surface area contributed by atoms with Crippen molar-refractivity contribution in [2.24, 2.45) is 5.41 Å². The molecule has 0 aliphatic rings. The van der Waals surface area contributed by atoms with Crippen molar-refractivity contribution < 1.29 is 4.79 Å². The second-order valence-electron chi connectivity index (χ2n) is 4.75. The van der Waals surface area contributed by atoms with Gasteiger partial charge in [0.25, 0.3) is 0 Å². The number of hydrogen-bond acceptors (Lipinski definition) is 3. The molecule has 1 heterocycles. The molecule has 1 N–H and O–H groups in total. The third-order valence-electron chi connectivity index (χ3n) is 2.04. The lowest BCUT2D eigenvalue weighted by Gasteiger charge is -2.20. The monoisotopic (exact) mass is 226 g/mol. The second-order valence-corrected chi connectivity index (χ2v) is 6.02. The topological polar surface area (TPSA) is 42.0 Å². The van der Waals surface area contributed by atoms with Gasteiger partial charge in [-0.05, 0) is 13.8 Å². The summed E-state index contributed by atoms with van der Waals surface area (Å²) < 4.78 is 0. The van der Waals surface area contributed by atoms with Crippen LogP contribution in [-0.4, -0.2) is 10.9 Å². The maximum absolute atomic E-state index is 11.7. The molecule has 1 aromatic rings. The highest BCUT2D eigenvalue weighted by atomic mass is 32.1. The minimum Gasteiger partial charge on any atom is -0.347 e. The molecule has 0 fully saturated rings. The van der Waals surface area contributed by atoms with Gasteiger partial charge in [0.2, 0.25) is 5.91 Å². The summed E-state index contributed by atoms with van der Waals surface area (Å²) in [7, 11) is 0. The van der Waals surface area contributed by atoms with E-state index in [0.29, 0.717) is 0 Å². The minimum atomic E-state index is -0.347. The van der Waals surface area contributed by atoms with Gasteiger partial charge in [0.1, 0.15) is 5.01 Å². The van der Waals surface area contributed by atoms with E-state index in [1.54, 1.807) is 11.3 Å². The zero-order chi connectivity index (χ0) is 11.6. The van der Waals surface area contributed by atoms with Crippen LogP contribution in [0.3, 0.4) is 0 Å². The first kappa shape index (κ1) is 12.2. The molecule has 0 aliphatic heterocycles. The molecule has 0 radical (unpaired) electrons. The van der Waals surface area contributed by atoms with Crippen molar-refractivity contribution in [3.63, 3.8) is 0 Å². The maximum atomic E-state index is 11.7. The van der Waals surface area contributed by atoms with Crippen LogP contribution in [0.1, 0.15) is 43.6 Å². The summed E-state index contributed by atoms with van der Waals surface area (Å²) in [5.74, 6) is 0.0582. The van der Waals surface area contributed by atoms with Crippen LogP contribution < -0.4 is 5.32 Å². The van der Waals surface area contributed by atoms with Crippen LogP contribution in [0.25, 0.3) is 0 Å². The Morgan fingerprint density at radius 2 is 2.13 bits per heavy atom. The van der Waals surface area contributed by atoms with E-state index < -0.39 is 0 Å². The Morgan fingerprint density at radius 1 is 1.53 bits per heavy atom. The average molecular weight is 226 g/mol. The molecule has 0 aliphatic carbocycles. The van der Waals surface area contributed by atoms with Crippen LogP contribution in [0, 0.1) is 12.3 Å². The fourth-order valence-corrected chi connectivity index (χ4v) is 1.82. The van der Waals surface area contributed by atoms with Crippen LogP contribution in [0.15, 0.2) is 6.20 Å². The Hall–Kier alpha value is -0.900. The van der Waals surface area contributed by atoms with E-state index in [9.17, 15) is 4.79 Å². The van der Waals surface area contributed by atoms with E-state index in [1.165, 1.54) is 4.88 Å². The summed E-state index contributed by atoms with van der Waals surface area (Å²) in [6.07, 6.45) is 1.83. The molecule has 1 atom stereocenters. The lowest BCUT2D eigenvalue weighted by atomic mass is 9.95. The third-order valence-corrected chi connectivity index (χ3v) is 3.13. The summed E-state index contributed by atoms with van der Waals surface area (Å²) in [5, 5.41) is 3.92. The SMILES string of the molecule is Cc1cnc(C(C)NC(=O)C(C)(C)C)s1. The van der Waals surface area contributed by atoms with Gasteiger partial charge in [-0.2, -0.15) is 0 Å². The number of amides is 1. The summed E-state index contributed by atoms with van der Waals surface area (Å²) in [6.45, 7) is 9.69. The third kappa shape index (κ3) is 3.30. The minimum absolute atomic E-state index is 0.00424. The van der Waals surface area contributed by atoms with Crippen molar-refractivity contribution in [2.45, 2.75) is 40.7 Å². The van der Waals surface area contributed by atoms with Crippen LogP contribution in [0.5, 0.6) is 0 Å². The van der Waals surface area contributed by atoms with Gasteiger partial charge in [-0.15, -0.1) is 11.3 Å². The number of thiazole rings is 1. The smallest absolute Gasteiger partial charge is 0.225 e. The van der Waals surface area contributed by atoms with E-state index >= 15 is 0 Å².